The third-order valence-electron chi connectivity index (χ3n) is 3.06. The normalized spacial score (nSPS) is 12.8. The molecule has 0 aliphatic carbocycles. The molecule has 1 aromatic carbocycles. The number of hydrogen-bond donors (Lipinski definition) is 0. The first kappa shape index (κ1) is 10.1. The standard InChI is InChI=1S/C15H13NO/c1-11(13-6-4-8-16-10-13)15-9-12-5-2-3-7-14(12)17-15/h2-11H,1H3. The van der Waals surface area contributed by atoms with Crippen LogP contribution in [0.4, 0.5) is 0 Å². The predicted molar refractivity (Wildman–Crippen MR) is 68.0 cm³/mol. The van der Waals surface area contributed by atoms with Gasteiger partial charge in [-0.15, -0.1) is 0 Å². The highest BCUT2D eigenvalue weighted by Gasteiger charge is 2.13. The number of aromatic nitrogens is 1. The van der Waals surface area contributed by atoms with Crippen LogP contribution in [0.15, 0.2) is 59.3 Å². The van der Waals surface area contributed by atoms with Gasteiger partial charge in [-0.3, -0.25) is 4.98 Å². The number of hydrogen-bond acceptors (Lipinski definition) is 2. The summed E-state index contributed by atoms with van der Waals surface area (Å²) in [5, 5.41) is 1.15. The Morgan fingerprint density at radius 2 is 2.00 bits per heavy atom. The Morgan fingerprint density at radius 3 is 2.76 bits per heavy atom. The van der Waals surface area contributed by atoms with E-state index in [2.05, 4.69) is 30.1 Å². The molecule has 2 heteroatoms. The van der Waals surface area contributed by atoms with Crippen LogP contribution in [0.5, 0.6) is 0 Å². The fourth-order valence-electron chi connectivity index (χ4n) is 2.01. The molecule has 0 aliphatic rings. The van der Waals surface area contributed by atoms with E-state index in [0.717, 1.165) is 16.7 Å². The van der Waals surface area contributed by atoms with Crippen LogP contribution in [0.1, 0.15) is 24.2 Å². The van der Waals surface area contributed by atoms with Crippen molar-refractivity contribution in [2.45, 2.75) is 12.8 Å². The zero-order valence-electron chi connectivity index (χ0n) is 9.63. The first-order valence-corrected chi connectivity index (χ1v) is 5.73. The lowest BCUT2D eigenvalue weighted by Crippen LogP contribution is -1.93. The summed E-state index contributed by atoms with van der Waals surface area (Å²) in [6.07, 6.45) is 3.67. The summed E-state index contributed by atoms with van der Waals surface area (Å²) in [5.41, 5.74) is 2.12. The second-order valence-corrected chi connectivity index (χ2v) is 4.19. The van der Waals surface area contributed by atoms with E-state index < -0.39 is 0 Å². The van der Waals surface area contributed by atoms with Crippen LogP contribution >= 0.6 is 0 Å². The fourth-order valence-corrected chi connectivity index (χ4v) is 2.01. The van der Waals surface area contributed by atoms with Gasteiger partial charge in [-0.25, -0.2) is 0 Å². The lowest BCUT2D eigenvalue weighted by atomic mass is 10.0. The zero-order valence-corrected chi connectivity index (χ0v) is 9.63. The van der Waals surface area contributed by atoms with Gasteiger partial charge in [0.05, 0.1) is 0 Å². The largest absolute Gasteiger partial charge is 0.460 e. The summed E-state index contributed by atoms with van der Waals surface area (Å²) >= 11 is 0. The van der Waals surface area contributed by atoms with Gasteiger partial charge in [0, 0.05) is 23.7 Å². The van der Waals surface area contributed by atoms with Gasteiger partial charge in [-0.1, -0.05) is 31.2 Å². The molecule has 1 atom stereocenters. The average molecular weight is 223 g/mol. The molecule has 17 heavy (non-hydrogen) atoms. The van der Waals surface area contributed by atoms with Crippen LogP contribution < -0.4 is 0 Å². The summed E-state index contributed by atoms with van der Waals surface area (Å²) in [7, 11) is 0. The molecule has 0 amide bonds. The molecule has 0 saturated carbocycles. The van der Waals surface area contributed by atoms with Crippen molar-refractivity contribution in [2.75, 3.05) is 0 Å². The van der Waals surface area contributed by atoms with Crippen molar-refractivity contribution in [1.29, 1.82) is 0 Å². The number of rotatable bonds is 2. The van der Waals surface area contributed by atoms with E-state index in [-0.39, 0.29) is 5.92 Å². The topological polar surface area (TPSA) is 26.0 Å². The molecule has 2 heterocycles. The first-order chi connectivity index (χ1) is 8.34. The van der Waals surface area contributed by atoms with Gasteiger partial charge < -0.3 is 4.42 Å². The molecule has 0 spiro atoms. The van der Waals surface area contributed by atoms with Crippen molar-refractivity contribution in [3.05, 3.63) is 66.2 Å². The monoisotopic (exact) mass is 223 g/mol. The molecule has 2 aromatic heterocycles. The third-order valence-corrected chi connectivity index (χ3v) is 3.06. The van der Waals surface area contributed by atoms with Gasteiger partial charge in [0.15, 0.2) is 0 Å². The quantitative estimate of drug-likeness (QED) is 0.656. The van der Waals surface area contributed by atoms with Crippen LogP contribution in [0.2, 0.25) is 0 Å². The van der Waals surface area contributed by atoms with Crippen LogP contribution in [0.25, 0.3) is 11.0 Å². The van der Waals surface area contributed by atoms with Gasteiger partial charge in [0.2, 0.25) is 0 Å². The van der Waals surface area contributed by atoms with Crippen molar-refractivity contribution >= 4 is 11.0 Å². The van der Waals surface area contributed by atoms with E-state index in [1.807, 2.05) is 30.5 Å². The minimum atomic E-state index is 0.232. The molecule has 0 N–H and O–H groups in total. The van der Waals surface area contributed by atoms with Crippen molar-refractivity contribution < 1.29 is 4.42 Å². The van der Waals surface area contributed by atoms with E-state index in [9.17, 15) is 0 Å². The Hall–Kier alpha value is -2.09. The smallest absolute Gasteiger partial charge is 0.134 e. The number of nitrogens with zero attached hydrogens (tertiary/aromatic N) is 1. The van der Waals surface area contributed by atoms with Crippen molar-refractivity contribution in [3.63, 3.8) is 0 Å². The molecule has 84 valence electrons. The van der Waals surface area contributed by atoms with Gasteiger partial charge >= 0.3 is 0 Å². The number of para-hydroxylation sites is 1. The summed E-state index contributed by atoms with van der Waals surface area (Å²) in [5.74, 6) is 1.22. The number of fused-ring (bicyclic) bond motifs is 1. The maximum Gasteiger partial charge on any atom is 0.134 e. The Bertz CT molecular complexity index is 594. The molecule has 3 aromatic rings. The maximum absolute atomic E-state index is 5.86. The van der Waals surface area contributed by atoms with Gasteiger partial charge in [-0.05, 0) is 23.8 Å². The molecule has 2 nitrogen and oxygen atoms in total. The first-order valence-electron chi connectivity index (χ1n) is 5.73. The van der Waals surface area contributed by atoms with Crippen molar-refractivity contribution in [1.82, 2.24) is 4.98 Å². The summed E-state index contributed by atoms with van der Waals surface area (Å²) in [4.78, 5) is 4.14. The van der Waals surface area contributed by atoms with Crippen molar-refractivity contribution in [2.24, 2.45) is 0 Å². The zero-order chi connectivity index (χ0) is 11.7. The lowest BCUT2D eigenvalue weighted by molar-refractivity contribution is 0.532. The van der Waals surface area contributed by atoms with E-state index in [1.165, 1.54) is 5.56 Å². The second-order valence-electron chi connectivity index (χ2n) is 4.19. The lowest BCUT2D eigenvalue weighted by Gasteiger charge is -2.07. The molecule has 0 radical (unpaired) electrons. The Kier molecular flexibility index (Phi) is 2.41. The summed E-state index contributed by atoms with van der Waals surface area (Å²) in [6.45, 7) is 2.13. The summed E-state index contributed by atoms with van der Waals surface area (Å²) in [6, 6.07) is 14.2. The molecule has 0 aliphatic heterocycles. The Labute approximate surface area is 99.9 Å². The summed E-state index contributed by atoms with van der Waals surface area (Å²) < 4.78 is 5.86. The van der Waals surface area contributed by atoms with E-state index in [1.54, 1.807) is 6.20 Å². The van der Waals surface area contributed by atoms with Crippen LogP contribution in [0.3, 0.4) is 0 Å². The minimum Gasteiger partial charge on any atom is -0.460 e. The van der Waals surface area contributed by atoms with Crippen LogP contribution in [-0.2, 0) is 0 Å². The number of pyridine rings is 1. The molecular formula is C15H13NO. The maximum atomic E-state index is 5.86. The highest BCUT2D eigenvalue weighted by atomic mass is 16.3. The van der Waals surface area contributed by atoms with E-state index >= 15 is 0 Å². The third kappa shape index (κ3) is 1.82. The van der Waals surface area contributed by atoms with Gasteiger partial charge in [-0.2, -0.15) is 0 Å². The molecule has 3 rings (SSSR count). The molecule has 1 unspecified atom stereocenters. The SMILES string of the molecule is CC(c1cccnc1)c1cc2ccccc2o1. The van der Waals surface area contributed by atoms with E-state index in [4.69, 9.17) is 4.42 Å². The van der Waals surface area contributed by atoms with Gasteiger partial charge in [0.25, 0.3) is 0 Å². The molecular weight excluding hydrogens is 210 g/mol. The molecule has 0 saturated heterocycles. The Morgan fingerprint density at radius 1 is 1.12 bits per heavy atom. The van der Waals surface area contributed by atoms with Crippen LogP contribution in [-0.4, -0.2) is 4.98 Å². The highest BCUT2D eigenvalue weighted by Crippen LogP contribution is 2.28. The van der Waals surface area contributed by atoms with Crippen LogP contribution in [0, 0.1) is 0 Å². The van der Waals surface area contributed by atoms with Gasteiger partial charge in [0.1, 0.15) is 11.3 Å². The molecule has 0 bridgehead atoms. The minimum absolute atomic E-state index is 0.232. The number of benzene rings is 1. The fraction of sp³-hybridized carbons (Fsp3) is 0.133. The molecule has 0 fully saturated rings. The average Bonchev–Trinajstić information content (AvgIpc) is 2.82. The van der Waals surface area contributed by atoms with Crippen molar-refractivity contribution in [3.8, 4) is 0 Å². The van der Waals surface area contributed by atoms with E-state index in [0.29, 0.717) is 0 Å². The highest BCUT2D eigenvalue weighted by molar-refractivity contribution is 5.77. The predicted octanol–water partition coefficient (Wildman–Crippen LogP) is 3.98. The second kappa shape index (κ2) is 4.06. The Balaban J connectivity index is 2.04. The number of furan rings is 1.